The van der Waals surface area contributed by atoms with E-state index in [0.29, 0.717) is 4.88 Å². The van der Waals surface area contributed by atoms with E-state index in [-0.39, 0.29) is 24.7 Å². The summed E-state index contributed by atoms with van der Waals surface area (Å²) in [5.41, 5.74) is -0.773. The van der Waals surface area contributed by atoms with Crippen molar-refractivity contribution in [2.75, 3.05) is 13.1 Å². The van der Waals surface area contributed by atoms with Gasteiger partial charge in [-0.05, 0) is 36.2 Å². The number of thiophene rings is 1. The number of nitrogens with zero attached hydrogens (tertiary/aromatic N) is 1. The number of rotatable bonds is 3. The van der Waals surface area contributed by atoms with E-state index in [2.05, 4.69) is 0 Å². The zero-order valence-corrected chi connectivity index (χ0v) is 13.7. The number of hydrogen-bond donors (Lipinski definition) is 1. The Morgan fingerprint density at radius 1 is 1.29 bits per heavy atom. The molecule has 1 aliphatic heterocycles. The van der Waals surface area contributed by atoms with Crippen LogP contribution in [0.2, 0.25) is 0 Å². The van der Waals surface area contributed by atoms with E-state index in [4.69, 9.17) is 5.11 Å². The molecule has 1 aromatic heterocycles. The van der Waals surface area contributed by atoms with Crippen LogP contribution in [0.25, 0.3) is 11.1 Å². The van der Waals surface area contributed by atoms with Crippen molar-refractivity contribution in [1.82, 2.24) is 4.90 Å². The fourth-order valence-electron chi connectivity index (χ4n) is 2.78. The molecule has 1 N–H and O–H groups in total. The summed E-state index contributed by atoms with van der Waals surface area (Å²) in [6, 6.07) is 7.64. The molecule has 24 heavy (non-hydrogen) atoms. The smallest absolute Gasteiger partial charge is 0.343 e. The molecule has 0 aliphatic carbocycles. The number of aliphatic carboxylic acids is 1. The molecular weight excluding hydrogens is 336 g/mol. The van der Waals surface area contributed by atoms with Crippen molar-refractivity contribution < 1.29 is 23.5 Å². The first kappa shape index (κ1) is 16.6. The quantitative estimate of drug-likeness (QED) is 0.921. The molecule has 1 saturated heterocycles. The second-order valence-electron chi connectivity index (χ2n) is 5.83. The van der Waals surface area contributed by atoms with Gasteiger partial charge >= 0.3 is 5.97 Å². The molecule has 2 heterocycles. The van der Waals surface area contributed by atoms with E-state index < -0.39 is 18.2 Å². The van der Waals surface area contributed by atoms with Crippen molar-refractivity contribution in [2.24, 2.45) is 0 Å². The molecule has 1 fully saturated rings. The third-order valence-corrected chi connectivity index (χ3v) is 5.21. The van der Waals surface area contributed by atoms with Crippen LogP contribution in [-0.4, -0.2) is 40.6 Å². The van der Waals surface area contributed by atoms with Gasteiger partial charge in [-0.1, -0.05) is 12.1 Å². The van der Waals surface area contributed by atoms with Crippen LogP contribution in [0.5, 0.6) is 0 Å². The number of aryl methyl sites for hydroxylation is 1. The molecule has 0 radical (unpaired) electrons. The minimum Gasteiger partial charge on any atom is -0.479 e. The lowest BCUT2D eigenvalue weighted by atomic mass is 10.1. The molecule has 1 aliphatic rings. The van der Waals surface area contributed by atoms with E-state index >= 15 is 0 Å². The van der Waals surface area contributed by atoms with Crippen molar-refractivity contribution in [3.63, 3.8) is 0 Å². The van der Waals surface area contributed by atoms with Gasteiger partial charge in [-0.15, -0.1) is 11.3 Å². The molecule has 3 rings (SSSR count). The molecule has 0 bridgehead atoms. The van der Waals surface area contributed by atoms with Gasteiger partial charge in [0, 0.05) is 17.8 Å². The van der Waals surface area contributed by atoms with Crippen molar-refractivity contribution in [3.05, 3.63) is 45.9 Å². The van der Waals surface area contributed by atoms with E-state index in [1.165, 1.54) is 28.4 Å². The summed E-state index contributed by atoms with van der Waals surface area (Å²) < 4.78 is 27.2. The van der Waals surface area contributed by atoms with Gasteiger partial charge in [0.15, 0.2) is 0 Å². The van der Waals surface area contributed by atoms with Gasteiger partial charge in [0.05, 0.1) is 11.4 Å². The van der Waals surface area contributed by atoms with E-state index in [9.17, 15) is 18.4 Å². The number of benzene rings is 1. The summed E-state index contributed by atoms with van der Waals surface area (Å²) in [6.45, 7) is 1.48. The van der Waals surface area contributed by atoms with Crippen LogP contribution in [0, 0.1) is 12.7 Å². The number of hydrogen-bond acceptors (Lipinski definition) is 3. The van der Waals surface area contributed by atoms with Gasteiger partial charge in [0.25, 0.3) is 5.91 Å². The molecular formula is C17H15F2NO3S. The first-order valence-electron chi connectivity index (χ1n) is 7.38. The van der Waals surface area contributed by atoms with E-state index in [1.807, 2.05) is 6.92 Å². The van der Waals surface area contributed by atoms with Crippen LogP contribution < -0.4 is 0 Å². The predicted octanol–water partition coefficient (Wildman–Crippen LogP) is 3.50. The SMILES string of the molecule is Cc1sc(C(=O)N2CCC(F)(C(=O)O)C2)cc1-c1ccc(F)cc1. The molecule has 1 aromatic carbocycles. The first-order chi connectivity index (χ1) is 11.3. The number of carbonyl (C=O) groups is 2. The highest BCUT2D eigenvalue weighted by Gasteiger charge is 2.47. The molecule has 0 saturated carbocycles. The van der Waals surface area contributed by atoms with Gasteiger partial charge in [-0.3, -0.25) is 4.79 Å². The largest absolute Gasteiger partial charge is 0.479 e. The highest BCUT2D eigenvalue weighted by molar-refractivity contribution is 7.14. The monoisotopic (exact) mass is 351 g/mol. The number of amides is 1. The molecule has 1 atom stereocenters. The van der Waals surface area contributed by atoms with Crippen LogP contribution in [0.15, 0.2) is 30.3 Å². The Bertz CT molecular complexity index is 803. The summed E-state index contributed by atoms with van der Waals surface area (Å²) in [7, 11) is 0. The maximum absolute atomic E-state index is 14.1. The number of likely N-dealkylation sites (tertiary alicyclic amines) is 1. The number of carbonyl (C=O) groups excluding carboxylic acids is 1. The fourth-order valence-corrected chi connectivity index (χ4v) is 3.79. The lowest BCUT2D eigenvalue weighted by Crippen LogP contribution is -2.38. The summed E-state index contributed by atoms with van der Waals surface area (Å²) >= 11 is 1.26. The average molecular weight is 351 g/mol. The highest BCUT2D eigenvalue weighted by Crippen LogP contribution is 2.33. The van der Waals surface area contributed by atoms with Gasteiger partial charge in [0.1, 0.15) is 5.82 Å². The Balaban J connectivity index is 1.84. The number of carboxylic acids is 1. The van der Waals surface area contributed by atoms with E-state index in [1.54, 1.807) is 18.2 Å². The van der Waals surface area contributed by atoms with Crippen molar-refractivity contribution in [1.29, 1.82) is 0 Å². The molecule has 7 heteroatoms. The predicted molar refractivity (Wildman–Crippen MR) is 86.4 cm³/mol. The third-order valence-electron chi connectivity index (χ3n) is 4.17. The standard InChI is InChI=1S/C17H15F2NO3S/c1-10-13(11-2-4-12(18)5-3-11)8-14(24-10)15(21)20-7-6-17(19,9-20)16(22)23/h2-5,8H,6-7,9H2,1H3,(H,22,23). The normalized spacial score (nSPS) is 20.4. The first-order valence-corrected chi connectivity index (χ1v) is 8.20. The van der Waals surface area contributed by atoms with Gasteiger partial charge in [-0.2, -0.15) is 0 Å². The maximum atomic E-state index is 14.1. The maximum Gasteiger partial charge on any atom is 0.343 e. The molecule has 1 amide bonds. The van der Waals surface area contributed by atoms with Crippen molar-refractivity contribution in [2.45, 2.75) is 19.0 Å². The van der Waals surface area contributed by atoms with Crippen LogP contribution in [0.4, 0.5) is 8.78 Å². The second kappa shape index (κ2) is 5.98. The topological polar surface area (TPSA) is 57.6 Å². The Morgan fingerprint density at radius 2 is 1.96 bits per heavy atom. The summed E-state index contributed by atoms with van der Waals surface area (Å²) in [5, 5.41) is 8.92. The third kappa shape index (κ3) is 2.91. The Labute approximate surface area is 141 Å². The van der Waals surface area contributed by atoms with Gasteiger partial charge in [-0.25, -0.2) is 13.6 Å². The number of carboxylic acid groups (broad SMARTS) is 1. The lowest BCUT2D eigenvalue weighted by Gasteiger charge is -2.16. The molecule has 0 spiro atoms. The van der Waals surface area contributed by atoms with Crippen LogP contribution in [0.3, 0.4) is 0 Å². The summed E-state index contributed by atoms with van der Waals surface area (Å²) in [6.07, 6.45) is -0.205. The zero-order chi connectivity index (χ0) is 17.5. The Kier molecular flexibility index (Phi) is 4.13. The van der Waals surface area contributed by atoms with Crippen LogP contribution >= 0.6 is 11.3 Å². The molecule has 4 nitrogen and oxygen atoms in total. The molecule has 2 aromatic rings. The van der Waals surface area contributed by atoms with E-state index in [0.717, 1.165) is 16.0 Å². The zero-order valence-electron chi connectivity index (χ0n) is 12.9. The number of halogens is 2. The van der Waals surface area contributed by atoms with Crippen LogP contribution in [-0.2, 0) is 4.79 Å². The summed E-state index contributed by atoms with van der Waals surface area (Å²) in [5.74, 6) is -2.25. The Hall–Kier alpha value is -2.28. The highest BCUT2D eigenvalue weighted by atomic mass is 32.1. The fraction of sp³-hybridized carbons (Fsp3) is 0.294. The molecule has 1 unspecified atom stereocenters. The van der Waals surface area contributed by atoms with Gasteiger partial charge in [0.2, 0.25) is 5.67 Å². The minimum absolute atomic E-state index is 0.0739. The Morgan fingerprint density at radius 3 is 2.54 bits per heavy atom. The van der Waals surface area contributed by atoms with Crippen molar-refractivity contribution in [3.8, 4) is 11.1 Å². The summed E-state index contributed by atoms with van der Waals surface area (Å²) in [4.78, 5) is 26.0. The van der Waals surface area contributed by atoms with Crippen molar-refractivity contribution >= 4 is 23.2 Å². The van der Waals surface area contributed by atoms with Gasteiger partial charge < -0.3 is 10.0 Å². The molecule has 126 valence electrons. The average Bonchev–Trinajstić information content (AvgIpc) is 3.12. The van der Waals surface area contributed by atoms with Crippen LogP contribution in [0.1, 0.15) is 21.0 Å². The second-order valence-corrected chi connectivity index (χ2v) is 7.09. The lowest BCUT2D eigenvalue weighted by molar-refractivity contribution is -0.149. The minimum atomic E-state index is -2.37. The number of alkyl halides is 1.